The molecule has 0 saturated heterocycles. The Balaban J connectivity index is 2.16. The smallest absolute Gasteiger partial charge is 0.136 e. The Morgan fingerprint density at radius 2 is 1.62 bits per heavy atom. The molecule has 1 heterocycles. The van der Waals surface area contributed by atoms with Crippen LogP contribution in [0.4, 0.5) is 0 Å². The molecule has 0 aliphatic carbocycles. The second-order valence-corrected chi connectivity index (χ2v) is 6.19. The summed E-state index contributed by atoms with van der Waals surface area (Å²) in [4.78, 5) is 0. The monoisotopic (exact) mass is 356 g/mol. The highest BCUT2D eigenvalue weighted by atomic mass is 79.9. The van der Waals surface area contributed by atoms with Crippen molar-refractivity contribution in [1.82, 2.24) is 0 Å². The zero-order valence-electron chi connectivity index (χ0n) is 10.9. The normalized spacial score (nSPS) is 11.3. The van der Waals surface area contributed by atoms with E-state index in [4.69, 9.17) is 16.0 Å². The van der Waals surface area contributed by atoms with Crippen LogP contribution in [0.15, 0.2) is 69.6 Å². The number of benzene rings is 3. The van der Waals surface area contributed by atoms with E-state index < -0.39 is 0 Å². The minimum Gasteiger partial charge on any atom is -0.456 e. The van der Waals surface area contributed by atoms with Gasteiger partial charge in [-0.2, -0.15) is 0 Å². The molecule has 0 bridgehead atoms. The lowest BCUT2D eigenvalue weighted by molar-refractivity contribution is 0.669. The van der Waals surface area contributed by atoms with Gasteiger partial charge in [0.25, 0.3) is 0 Å². The molecule has 3 heteroatoms. The molecule has 21 heavy (non-hydrogen) atoms. The van der Waals surface area contributed by atoms with Gasteiger partial charge in [-0.15, -0.1) is 0 Å². The lowest BCUT2D eigenvalue weighted by Gasteiger charge is -2.07. The number of hydrogen-bond donors (Lipinski definition) is 0. The highest BCUT2D eigenvalue weighted by molar-refractivity contribution is 9.10. The summed E-state index contributed by atoms with van der Waals surface area (Å²) in [5, 5.41) is 2.96. The van der Waals surface area contributed by atoms with Crippen LogP contribution in [-0.2, 0) is 0 Å². The van der Waals surface area contributed by atoms with E-state index in [-0.39, 0.29) is 0 Å². The number of furan rings is 1. The maximum absolute atomic E-state index is 6.17. The van der Waals surface area contributed by atoms with Crippen molar-refractivity contribution in [2.24, 2.45) is 0 Å². The zero-order chi connectivity index (χ0) is 14.4. The highest BCUT2D eigenvalue weighted by Gasteiger charge is 2.13. The summed E-state index contributed by atoms with van der Waals surface area (Å²) in [6, 6.07) is 20.0. The first-order valence-electron chi connectivity index (χ1n) is 6.60. The Kier molecular flexibility index (Phi) is 3.02. The number of fused-ring (bicyclic) bond motifs is 3. The van der Waals surface area contributed by atoms with Crippen molar-refractivity contribution >= 4 is 49.5 Å². The van der Waals surface area contributed by atoms with Gasteiger partial charge < -0.3 is 4.42 Å². The average molecular weight is 358 g/mol. The van der Waals surface area contributed by atoms with Crippen molar-refractivity contribution < 1.29 is 4.42 Å². The molecule has 0 unspecified atom stereocenters. The summed E-state index contributed by atoms with van der Waals surface area (Å²) in [5.41, 5.74) is 3.98. The van der Waals surface area contributed by atoms with Crippen LogP contribution in [0.5, 0.6) is 0 Å². The van der Waals surface area contributed by atoms with E-state index in [1.54, 1.807) is 0 Å². The van der Waals surface area contributed by atoms with Gasteiger partial charge in [0, 0.05) is 20.3 Å². The van der Waals surface area contributed by atoms with E-state index >= 15 is 0 Å². The van der Waals surface area contributed by atoms with Crippen LogP contribution >= 0.6 is 27.5 Å². The van der Waals surface area contributed by atoms with Crippen molar-refractivity contribution in [3.05, 3.63) is 70.2 Å². The van der Waals surface area contributed by atoms with E-state index in [1.165, 1.54) is 0 Å². The van der Waals surface area contributed by atoms with Crippen molar-refractivity contribution in [3.8, 4) is 11.1 Å². The zero-order valence-corrected chi connectivity index (χ0v) is 13.3. The van der Waals surface area contributed by atoms with E-state index in [1.807, 2.05) is 48.5 Å². The predicted octanol–water partition coefficient (Wildman–Crippen LogP) is 6.67. The van der Waals surface area contributed by atoms with E-state index in [0.717, 1.165) is 42.6 Å². The molecule has 4 aromatic rings. The van der Waals surface area contributed by atoms with Gasteiger partial charge in [-0.1, -0.05) is 57.9 Å². The SMILES string of the molecule is Clc1ccc(Br)c(-c2cccc3oc4ccccc4c23)c1. The number of rotatable bonds is 1. The maximum Gasteiger partial charge on any atom is 0.136 e. The summed E-state index contributed by atoms with van der Waals surface area (Å²) in [5.74, 6) is 0. The van der Waals surface area contributed by atoms with Crippen LogP contribution in [0, 0.1) is 0 Å². The molecule has 0 radical (unpaired) electrons. The Morgan fingerprint density at radius 1 is 0.810 bits per heavy atom. The first-order chi connectivity index (χ1) is 10.2. The highest BCUT2D eigenvalue weighted by Crippen LogP contribution is 2.39. The second kappa shape index (κ2) is 4.90. The van der Waals surface area contributed by atoms with E-state index in [2.05, 4.69) is 28.1 Å². The molecule has 4 rings (SSSR count). The first-order valence-corrected chi connectivity index (χ1v) is 7.77. The van der Waals surface area contributed by atoms with Gasteiger partial charge in [-0.3, -0.25) is 0 Å². The van der Waals surface area contributed by atoms with Gasteiger partial charge >= 0.3 is 0 Å². The molecule has 0 aliphatic rings. The van der Waals surface area contributed by atoms with Gasteiger partial charge in [-0.25, -0.2) is 0 Å². The van der Waals surface area contributed by atoms with Gasteiger partial charge in [0.1, 0.15) is 11.2 Å². The largest absolute Gasteiger partial charge is 0.456 e. The van der Waals surface area contributed by atoms with Crippen molar-refractivity contribution in [1.29, 1.82) is 0 Å². The Bertz CT molecular complexity index is 971. The molecule has 3 aromatic carbocycles. The molecule has 0 aliphatic heterocycles. The molecule has 1 nitrogen and oxygen atoms in total. The Hall–Kier alpha value is -1.77. The minimum absolute atomic E-state index is 0.720. The third-order valence-corrected chi connectivity index (χ3v) is 4.55. The molecule has 0 amide bonds. The summed E-state index contributed by atoms with van der Waals surface area (Å²) < 4.78 is 6.95. The van der Waals surface area contributed by atoms with Crippen LogP contribution in [0.1, 0.15) is 0 Å². The summed E-state index contributed by atoms with van der Waals surface area (Å²) in [6.45, 7) is 0. The lowest BCUT2D eigenvalue weighted by Crippen LogP contribution is -1.82. The van der Waals surface area contributed by atoms with Crippen LogP contribution in [0.2, 0.25) is 5.02 Å². The first kappa shape index (κ1) is 12.9. The van der Waals surface area contributed by atoms with Gasteiger partial charge in [0.15, 0.2) is 0 Å². The standard InChI is InChI=1S/C18H10BrClO/c19-15-9-8-11(20)10-14(15)12-5-3-7-17-18(12)13-4-1-2-6-16(13)21-17/h1-10H. The Morgan fingerprint density at radius 3 is 2.52 bits per heavy atom. The number of halogens is 2. The average Bonchev–Trinajstić information content (AvgIpc) is 2.88. The molecule has 1 aromatic heterocycles. The molecule has 0 atom stereocenters. The fourth-order valence-electron chi connectivity index (χ4n) is 2.70. The molecule has 0 N–H and O–H groups in total. The van der Waals surface area contributed by atoms with E-state index in [0.29, 0.717) is 0 Å². The molecule has 0 fully saturated rings. The predicted molar refractivity (Wildman–Crippen MR) is 91.9 cm³/mol. The fourth-order valence-corrected chi connectivity index (χ4v) is 3.34. The Labute approximate surface area is 135 Å². The second-order valence-electron chi connectivity index (χ2n) is 4.90. The topological polar surface area (TPSA) is 13.1 Å². The molecular weight excluding hydrogens is 348 g/mol. The quantitative estimate of drug-likeness (QED) is 0.371. The van der Waals surface area contributed by atoms with Crippen LogP contribution < -0.4 is 0 Å². The van der Waals surface area contributed by atoms with Gasteiger partial charge in [0.2, 0.25) is 0 Å². The summed E-state index contributed by atoms with van der Waals surface area (Å²) in [6.07, 6.45) is 0. The van der Waals surface area contributed by atoms with Gasteiger partial charge in [0.05, 0.1) is 0 Å². The van der Waals surface area contributed by atoms with Gasteiger partial charge in [-0.05, 0) is 41.5 Å². The third-order valence-electron chi connectivity index (χ3n) is 3.62. The number of para-hydroxylation sites is 1. The summed E-state index contributed by atoms with van der Waals surface area (Å²) in [7, 11) is 0. The van der Waals surface area contributed by atoms with E-state index in [9.17, 15) is 0 Å². The molecular formula is C18H10BrClO. The fraction of sp³-hybridized carbons (Fsp3) is 0. The lowest BCUT2D eigenvalue weighted by atomic mass is 9.99. The van der Waals surface area contributed by atoms with Crippen molar-refractivity contribution in [3.63, 3.8) is 0 Å². The maximum atomic E-state index is 6.17. The third kappa shape index (κ3) is 2.06. The number of hydrogen-bond acceptors (Lipinski definition) is 1. The van der Waals surface area contributed by atoms with Crippen molar-refractivity contribution in [2.45, 2.75) is 0 Å². The molecule has 0 saturated carbocycles. The van der Waals surface area contributed by atoms with Crippen LogP contribution in [-0.4, -0.2) is 0 Å². The molecule has 102 valence electrons. The van der Waals surface area contributed by atoms with Crippen molar-refractivity contribution in [2.75, 3.05) is 0 Å². The van der Waals surface area contributed by atoms with Crippen LogP contribution in [0.25, 0.3) is 33.1 Å². The minimum atomic E-state index is 0.720. The van der Waals surface area contributed by atoms with Crippen LogP contribution in [0.3, 0.4) is 0 Å². The molecule has 0 spiro atoms. The summed E-state index contributed by atoms with van der Waals surface area (Å²) >= 11 is 9.78.